The van der Waals surface area contributed by atoms with E-state index in [4.69, 9.17) is 5.73 Å². The lowest BCUT2D eigenvalue weighted by Crippen LogP contribution is -2.23. The van der Waals surface area contributed by atoms with Crippen molar-refractivity contribution in [3.8, 4) is 0 Å². The van der Waals surface area contributed by atoms with E-state index in [2.05, 4.69) is 47.9 Å². The van der Waals surface area contributed by atoms with Crippen molar-refractivity contribution in [2.45, 2.75) is 39.2 Å². The molecule has 3 nitrogen and oxygen atoms in total. The SMILES string of the molecule is Cc1nn(CC2Cc3ccccc32)c(C)c1CCN. The van der Waals surface area contributed by atoms with Gasteiger partial charge in [0, 0.05) is 18.2 Å². The van der Waals surface area contributed by atoms with Gasteiger partial charge in [0.2, 0.25) is 0 Å². The Morgan fingerprint density at radius 1 is 1.32 bits per heavy atom. The Morgan fingerprint density at radius 3 is 2.84 bits per heavy atom. The van der Waals surface area contributed by atoms with Crippen LogP contribution in [0, 0.1) is 13.8 Å². The lowest BCUT2D eigenvalue weighted by Gasteiger charge is -2.30. The molecule has 2 aromatic rings. The Kier molecular flexibility index (Phi) is 3.15. The zero-order chi connectivity index (χ0) is 13.4. The summed E-state index contributed by atoms with van der Waals surface area (Å²) in [5.74, 6) is 0.625. The van der Waals surface area contributed by atoms with E-state index in [1.54, 1.807) is 0 Å². The first-order chi connectivity index (χ1) is 9.20. The van der Waals surface area contributed by atoms with E-state index in [-0.39, 0.29) is 0 Å². The van der Waals surface area contributed by atoms with Gasteiger partial charge in [0.05, 0.1) is 5.69 Å². The van der Waals surface area contributed by atoms with Gasteiger partial charge in [-0.25, -0.2) is 0 Å². The summed E-state index contributed by atoms with van der Waals surface area (Å²) in [6, 6.07) is 8.73. The summed E-state index contributed by atoms with van der Waals surface area (Å²) >= 11 is 0. The van der Waals surface area contributed by atoms with Crippen LogP contribution in [0.1, 0.15) is 34.0 Å². The molecule has 100 valence electrons. The maximum absolute atomic E-state index is 5.67. The van der Waals surface area contributed by atoms with Crippen LogP contribution in [0.2, 0.25) is 0 Å². The second-order valence-corrected chi connectivity index (χ2v) is 5.47. The second kappa shape index (κ2) is 4.82. The Bertz CT molecular complexity index is 598. The fraction of sp³-hybridized carbons (Fsp3) is 0.438. The summed E-state index contributed by atoms with van der Waals surface area (Å²) in [4.78, 5) is 0. The van der Waals surface area contributed by atoms with Gasteiger partial charge >= 0.3 is 0 Å². The van der Waals surface area contributed by atoms with Crippen LogP contribution in [0.4, 0.5) is 0 Å². The Hall–Kier alpha value is -1.61. The number of aryl methyl sites for hydroxylation is 1. The van der Waals surface area contributed by atoms with Crippen LogP contribution in [-0.2, 0) is 19.4 Å². The van der Waals surface area contributed by atoms with Crippen molar-refractivity contribution in [1.29, 1.82) is 0 Å². The smallest absolute Gasteiger partial charge is 0.0628 e. The van der Waals surface area contributed by atoms with Gasteiger partial charge in [-0.05, 0) is 49.9 Å². The first-order valence-corrected chi connectivity index (χ1v) is 7.01. The summed E-state index contributed by atoms with van der Waals surface area (Å²) in [7, 11) is 0. The number of fused-ring (bicyclic) bond motifs is 1. The van der Waals surface area contributed by atoms with Gasteiger partial charge in [0.1, 0.15) is 0 Å². The summed E-state index contributed by atoms with van der Waals surface area (Å²) in [5.41, 5.74) is 12.4. The highest BCUT2D eigenvalue weighted by Crippen LogP contribution is 2.36. The fourth-order valence-corrected chi connectivity index (χ4v) is 3.15. The van der Waals surface area contributed by atoms with Crippen LogP contribution in [0.3, 0.4) is 0 Å². The summed E-state index contributed by atoms with van der Waals surface area (Å²) in [5, 5.41) is 4.68. The second-order valence-electron chi connectivity index (χ2n) is 5.47. The third kappa shape index (κ3) is 2.08. The number of rotatable bonds is 4. The molecule has 0 spiro atoms. The van der Waals surface area contributed by atoms with Gasteiger partial charge in [-0.1, -0.05) is 24.3 Å². The normalized spacial score (nSPS) is 17.1. The minimum absolute atomic E-state index is 0.625. The standard InChI is InChI=1S/C16H21N3/c1-11-15(7-8-17)12(2)19(18-11)10-14-9-13-5-3-4-6-16(13)14/h3-6,14H,7-10,17H2,1-2H3. The van der Waals surface area contributed by atoms with Gasteiger partial charge in [0.25, 0.3) is 0 Å². The summed E-state index contributed by atoms with van der Waals surface area (Å²) in [6.45, 7) is 5.94. The molecule has 3 heteroatoms. The van der Waals surface area contributed by atoms with Crippen LogP contribution < -0.4 is 5.73 Å². The number of benzene rings is 1. The van der Waals surface area contributed by atoms with Crippen LogP contribution in [0.25, 0.3) is 0 Å². The van der Waals surface area contributed by atoms with E-state index in [0.29, 0.717) is 12.5 Å². The number of nitrogens with two attached hydrogens (primary N) is 1. The van der Waals surface area contributed by atoms with E-state index < -0.39 is 0 Å². The van der Waals surface area contributed by atoms with Crippen molar-refractivity contribution in [2.75, 3.05) is 6.54 Å². The quantitative estimate of drug-likeness (QED) is 0.911. The van der Waals surface area contributed by atoms with Crippen molar-refractivity contribution >= 4 is 0 Å². The van der Waals surface area contributed by atoms with Gasteiger partial charge < -0.3 is 5.73 Å². The molecule has 0 amide bonds. The number of hydrogen-bond donors (Lipinski definition) is 1. The molecular weight excluding hydrogens is 234 g/mol. The monoisotopic (exact) mass is 255 g/mol. The van der Waals surface area contributed by atoms with Crippen molar-refractivity contribution in [3.63, 3.8) is 0 Å². The molecule has 1 aliphatic rings. The maximum Gasteiger partial charge on any atom is 0.0628 e. The molecule has 2 N–H and O–H groups in total. The molecule has 0 radical (unpaired) electrons. The highest BCUT2D eigenvalue weighted by Gasteiger charge is 2.26. The summed E-state index contributed by atoms with van der Waals surface area (Å²) in [6.07, 6.45) is 2.11. The van der Waals surface area contributed by atoms with Gasteiger partial charge in [-0.3, -0.25) is 4.68 Å². The molecular formula is C16H21N3. The molecule has 1 unspecified atom stereocenters. The Balaban J connectivity index is 1.81. The van der Waals surface area contributed by atoms with Crippen LogP contribution in [0.5, 0.6) is 0 Å². The predicted molar refractivity (Wildman–Crippen MR) is 77.3 cm³/mol. The molecule has 1 aromatic carbocycles. The molecule has 19 heavy (non-hydrogen) atoms. The first-order valence-electron chi connectivity index (χ1n) is 7.01. The lowest BCUT2D eigenvalue weighted by molar-refractivity contribution is 0.466. The molecule has 1 aliphatic carbocycles. The summed E-state index contributed by atoms with van der Waals surface area (Å²) < 4.78 is 2.17. The molecule has 1 aromatic heterocycles. The number of hydrogen-bond acceptors (Lipinski definition) is 2. The highest BCUT2D eigenvalue weighted by atomic mass is 15.3. The first kappa shape index (κ1) is 12.4. The molecule has 3 rings (SSSR count). The van der Waals surface area contributed by atoms with Crippen LogP contribution in [0.15, 0.2) is 24.3 Å². The van der Waals surface area contributed by atoms with Crippen molar-refractivity contribution in [1.82, 2.24) is 9.78 Å². The topological polar surface area (TPSA) is 43.8 Å². The number of nitrogens with zero attached hydrogens (tertiary/aromatic N) is 2. The Morgan fingerprint density at radius 2 is 2.11 bits per heavy atom. The molecule has 1 heterocycles. The number of aromatic nitrogens is 2. The zero-order valence-corrected chi connectivity index (χ0v) is 11.7. The van der Waals surface area contributed by atoms with Crippen molar-refractivity contribution in [2.24, 2.45) is 5.73 Å². The average molecular weight is 255 g/mol. The molecule has 0 aliphatic heterocycles. The van der Waals surface area contributed by atoms with Crippen molar-refractivity contribution < 1.29 is 0 Å². The minimum atomic E-state index is 0.625. The van der Waals surface area contributed by atoms with Gasteiger partial charge in [0.15, 0.2) is 0 Å². The highest BCUT2D eigenvalue weighted by molar-refractivity contribution is 5.40. The van der Waals surface area contributed by atoms with Gasteiger partial charge in [-0.2, -0.15) is 5.10 Å². The fourth-order valence-electron chi connectivity index (χ4n) is 3.15. The third-order valence-corrected chi connectivity index (χ3v) is 4.28. The lowest BCUT2D eigenvalue weighted by atomic mass is 9.77. The average Bonchev–Trinajstić information content (AvgIpc) is 2.64. The van der Waals surface area contributed by atoms with E-state index >= 15 is 0 Å². The van der Waals surface area contributed by atoms with E-state index in [1.807, 2.05) is 0 Å². The van der Waals surface area contributed by atoms with E-state index in [0.717, 1.165) is 18.7 Å². The third-order valence-electron chi connectivity index (χ3n) is 4.28. The molecule has 1 atom stereocenters. The van der Waals surface area contributed by atoms with Crippen LogP contribution in [-0.4, -0.2) is 16.3 Å². The largest absolute Gasteiger partial charge is 0.330 e. The Labute approximate surface area is 114 Å². The molecule has 0 fully saturated rings. The predicted octanol–water partition coefficient (Wildman–Crippen LogP) is 2.34. The maximum atomic E-state index is 5.67. The van der Waals surface area contributed by atoms with Gasteiger partial charge in [-0.15, -0.1) is 0 Å². The van der Waals surface area contributed by atoms with E-state index in [9.17, 15) is 0 Å². The van der Waals surface area contributed by atoms with E-state index in [1.165, 1.54) is 28.8 Å². The van der Waals surface area contributed by atoms with Crippen molar-refractivity contribution in [3.05, 3.63) is 52.3 Å². The molecule has 0 saturated carbocycles. The minimum Gasteiger partial charge on any atom is -0.330 e. The van der Waals surface area contributed by atoms with Crippen LogP contribution >= 0.6 is 0 Å². The zero-order valence-electron chi connectivity index (χ0n) is 11.7. The molecule has 0 bridgehead atoms. The molecule has 0 saturated heterocycles.